The number of rotatable bonds is 0. The number of hydrogen-bond acceptors (Lipinski definition) is 2. The molecule has 1 heterocycles. The molecule has 0 radical (unpaired) electrons. The first-order chi connectivity index (χ1) is 6.98. The highest BCUT2D eigenvalue weighted by Gasteiger charge is 2.31. The Morgan fingerprint density at radius 1 is 1.33 bits per heavy atom. The first-order valence-corrected chi connectivity index (χ1v) is 4.57. The minimum Gasteiger partial charge on any atom is -0.387 e. The van der Waals surface area contributed by atoms with Crippen molar-refractivity contribution >= 4 is 0 Å². The number of fused-ring (bicyclic) bond motifs is 1. The van der Waals surface area contributed by atoms with Crippen LogP contribution in [0.2, 0.25) is 0 Å². The van der Waals surface area contributed by atoms with E-state index in [4.69, 9.17) is 0 Å². The van der Waals surface area contributed by atoms with Gasteiger partial charge in [0.15, 0.2) is 0 Å². The van der Waals surface area contributed by atoms with Crippen LogP contribution in [-0.2, 0) is 12.7 Å². The quantitative estimate of drug-likeness (QED) is 0.695. The second-order valence-corrected chi connectivity index (χ2v) is 3.56. The third-order valence-corrected chi connectivity index (χ3v) is 2.48. The molecule has 0 saturated heterocycles. The molecule has 0 saturated carbocycles. The normalized spacial score (nSPS) is 21.2. The lowest BCUT2D eigenvalue weighted by molar-refractivity contribution is -0.137. The molecule has 0 aromatic heterocycles. The number of hydrogen-bond donors (Lipinski definition) is 2. The molecule has 15 heavy (non-hydrogen) atoms. The third kappa shape index (κ3) is 1.98. The summed E-state index contributed by atoms with van der Waals surface area (Å²) in [4.78, 5) is 0. The molecule has 0 bridgehead atoms. The highest BCUT2D eigenvalue weighted by Crippen LogP contribution is 2.32. The van der Waals surface area contributed by atoms with Crippen molar-refractivity contribution in [3.8, 4) is 0 Å². The van der Waals surface area contributed by atoms with Crippen molar-refractivity contribution in [2.45, 2.75) is 18.8 Å². The molecule has 82 valence electrons. The fraction of sp³-hybridized carbons (Fsp3) is 0.400. The van der Waals surface area contributed by atoms with E-state index in [1.165, 1.54) is 6.07 Å². The summed E-state index contributed by atoms with van der Waals surface area (Å²) in [6, 6.07) is 3.45. The van der Waals surface area contributed by atoms with Gasteiger partial charge in [-0.15, -0.1) is 0 Å². The molecular formula is C10H10F3NO. The largest absolute Gasteiger partial charge is 0.416 e. The first kappa shape index (κ1) is 10.4. The molecule has 1 aliphatic heterocycles. The average Bonchev–Trinajstić information content (AvgIpc) is 2.16. The number of aliphatic hydroxyl groups excluding tert-OH is 1. The fourth-order valence-electron chi connectivity index (χ4n) is 1.71. The molecule has 1 aromatic carbocycles. The van der Waals surface area contributed by atoms with Gasteiger partial charge in [-0.2, -0.15) is 13.2 Å². The Balaban J connectivity index is 2.42. The van der Waals surface area contributed by atoms with Gasteiger partial charge in [-0.25, -0.2) is 0 Å². The van der Waals surface area contributed by atoms with Crippen molar-refractivity contribution in [2.24, 2.45) is 0 Å². The second-order valence-electron chi connectivity index (χ2n) is 3.56. The maximum Gasteiger partial charge on any atom is 0.416 e. The van der Waals surface area contributed by atoms with Crippen molar-refractivity contribution < 1.29 is 18.3 Å². The first-order valence-electron chi connectivity index (χ1n) is 4.57. The van der Waals surface area contributed by atoms with Crippen molar-refractivity contribution in [3.63, 3.8) is 0 Å². The van der Waals surface area contributed by atoms with Crippen molar-refractivity contribution in [2.75, 3.05) is 6.54 Å². The van der Waals surface area contributed by atoms with Gasteiger partial charge in [0.25, 0.3) is 0 Å². The van der Waals surface area contributed by atoms with Crippen LogP contribution in [0, 0.1) is 0 Å². The Morgan fingerprint density at radius 2 is 2.07 bits per heavy atom. The number of halogens is 3. The minimum atomic E-state index is -4.32. The zero-order valence-corrected chi connectivity index (χ0v) is 7.80. The number of β-amino-alcohol motifs (C(OH)–C–C–N with tert-alkyl or cyclic N) is 1. The summed E-state index contributed by atoms with van der Waals surface area (Å²) >= 11 is 0. The lowest BCUT2D eigenvalue weighted by Gasteiger charge is -2.23. The van der Waals surface area contributed by atoms with Crippen LogP contribution in [-0.4, -0.2) is 11.7 Å². The van der Waals surface area contributed by atoms with E-state index in [1.54, 1.807) is 0 Å². The molecule has 0 aliphatic carbocycles. The third-order valence-electron chi connectivity index (χ3n) is 2.48. The van der Waals surface area contributed by atoms with E-state index in [-0.39, 0.29) is 0 Å². The Kier molecular flexibility index (Phi) is 2.44. The maximum atomic E-state index is 12.4. The summed E-state index contributed by atoms with van der Waals surface area (Å²) in [5.41, 5.74) is 0.433. The summed E-state index contributed by atoms with van der Waals surface area (Å²) < 4.78 is 37.1. The smallest absolute Gasteiger partial charge is 0.387 e. The predicted octanol–water partition coefficient (Wildman–Crippen LogP) is 1.84. The van der Waals surface area contributed by atoms with Crippen molar-refractivity contribution in [1.29, 1.82) is 0 Å². The average molecular weight is 217 g/mol. The molecule has 1 aliphatic rings. The predicted molar refractivity (Wildman–Crippen MR) is 48.1 cm³/mol. The Labute approximate surface area is 84.7 Å². The van der Waals surface area contributed by atoms with E-state index in [2.05, 4.69) is 5.32 Å². The summed E-state index contributed by atoms with van der Waals surface area (Å²) in [7, 11) is 0. The van der Waals surface area contributed by atoms with Gasteiger partial charge in [-0.3, -0.25) is 0 Å². The maximum absolute atomic E-state index is 12.4. The van der Waals surface area contributed by atoms with Gasteiger partial charge in [0.05, 0.1) is 11.7 Å². The highest BCUT2D eigenvalue weighted by atomic mass is 19.4. The molecule has 1 aromatic rings. The molecule has 2 N–H and O–H groups in total. The molecule has 5 heteroatoms. The second kappa shape index (κ2) is 3.50. The Hall–Kier alpha value is -1.07. The Bertz CT molecular complexity index is 375. The molecule has 0 amide bonds. The molecule has 2 nitrogen and oxygen atoms in total. The minimum absolute atomic E-state index is 0.371. The van der Waals surface area contributed by atoms with Crippen molar-refractivity contribution in [3.05, 3.63) is 34.9 Å². The number of nitrogens with one attached hydrogen (secondary N) is 1. The SMILES string of the molecule is O[C@@H]1CNCc2cc(C(F)(F)F)ccc21. The Morgan fingerprint density at radius 3 is 2.73 bits per heavy atom. The van der Waals surface area contributed by atoms with Gasteiger partial charge in [0.2, 0.25) is 0 Å². The zero-order valence-electron chi connectivity index (χ0n) is 7.80. The van der Waals surface area contributed by atoms with Crippen LogP contribution in [0.15, 0.2) is 18.2 Å². The van der Waals surface area contributed by atoms with E-state index in [0.29, 0.717) is 24.2 Å². The van der Waals surface area contributed by atoms with Crippen LogP contribution in [0.4, 0.5) is 13.2 Å². The van der Waals surface area contributed by atoms with Crippen molar-refractivity contribution in [1.82, 2.24) is 5.32 Å². The molecule has 0 unspecified atom stereocenters. The summed E-state index contributed by atoms with van der Waals surface area (Å²) in [5, 5.41) is 12.4. The van der Waals surface area contributed by atoms with E-state index >= 15 is 0 Å². The van der Waals surface area contributed by atoms with Gasteiger partial charge in [-0.05, 0) is 23.3 Å². The van der Waals surface area contributed by atoms with Gasteiger partial charge in [0.1, 0.15) is 0 Å². The lowest BCUT2D eigenvalue weighted by Crippen LogP contribution is -2.28. The van der Waals surface area contributed by atoms with Crippen LogP contribution in [0.1, 0.15) is 22.8 Å². The summed E-state index contributed by atoms with van der Waals surface area (Å²) in [6.07, 6.45) is -5.03. The van der Waals surface area contributed by atoms with Gasteiger partial charge < -0.3 is 10.4 Å². The van der Waals surface area contributed by atoms with Crippen LogP contribution < -0.4 is 5.32 Å². The summed E-state index contributed by atoms with van der Waals surface area (Å²) in [5.74, 6) is 0. The van der Waals surface area contributed by atoms with E-state index < -0.39 is 17.8 Å². The number of alkyl halides is 3. The van der Waals surface area contributed by atoms with Crippen LogP contribution in [0.5, 0.6) is 0 Å². The number of benzene rings is 1. The molecule has 0 fully saturated rings. The molecule has 1 atom stereocenters. The summed E-state index contributed by atoms with van der Waals surface area (Å²) in [6.45, 7) is 0.759. The number of aliphatic hydroxyl groups is 1. The molecular weight excluding hydrogens is 207 g/mol. The van der Waals surface area contributed by atoms with Crippen LogP contribution in [0.3, 0.4) is 0 Å². The molecule has 0 spiro atoms. The van der Waals surface area contributed by atoms with E-state index in [0.717, 1.165) is 12.1 Å². The lowest BCUT2D eigenvalue weighted by atomic mass is 9.96. The van der Waals surface area contributed by atoms with E-state index in [1.807, 2.05) is 0 Å². The highest BCUT2D eigenvalue weighted by molar-refractivity contribution is 5.36. The van der Waals surface area contributed by atoms with Gasteiger partial charge in [-0.1, -0.05) is 6.07 Å². The van der Waals surface area contributed by atoms with Gasteiger partial charge in [0, 0.05) is 13.1 Å². The van der Waals surface area contributed by atoms with E-state index in [9.17, 15) is 18.3 Å². The van der Waals surface area contributed by atoms with Crippen LogP contribution in [0.25, 0.3) is 0 Å². The fourth-order valence-corrected chi connectivity index (χ4v) is 1.71. The zero-order chi connectivity index (χ0) is 11.1. The van der Waals surface area contributed by atoms with Gasteiger partial charge >= 0.3 is 6.18 Å². The monoisotopic (exact) mass is 217 g/mol. The topological polar surface area (TPSA) is 32.3 Å². The molecule has 2 rings (SSSR count). The standard InChI is InChI=1S/C10H10F3NO/c11-10(12,13)7-1-2-8-6(3-7)4-14-5-9(8)15/h1-3,9,14-15H,4-5H2/t9-/m1/s1. The van der Waals surface area contributed by atoms with Crippen LogP contribution >= 0.6 is 0 Å².